The van der Waals surface area contributed by atoms with Crippen molar-refractivity contribution < 1.29 is 22.7 Å². The van der Waals surface area contributed by atoms with Crippen molar-refractivity contribution in [1.29, 1.82) is 0 Å². The maximum atomic E-state index is 14.1. The molecule has 1 unspecified atom stereocenters. The van der Waals surface area contributed by atoms with Crippen LogP contribution in [0, 0.1) is 0 Å². The van der Waals surface area contributed by atoms with Gasteiger partial charge in [0.05, 0.1) is 11.9 Å². The van der Waals surface area contributed by atoms with Gasteiger partial charge in [-0.25, -0.2) is 8.42 Å². The summed E-state index contributed by atoms with van der Waals surface area (Å²) in [5, 5.41) is 2.86. The van der Waals surface area contributed by atoms with Crippen molar-refractivity contribution in [3.05, 3.63) is 130 Å². The highest BCUT2D eigenvalue weighted by atomic mass is 79.9. The number of sulfonamides is 1. The topological polar surface area (TPSA) is 96.0 Å². The predicted octanol–water partition coefficient (Wildman–Crippen LogP) is 5.57. The molecular weight excluding hydrogens is 642 g/mol. The van der Waals surface area contributed by atoms with E-state index >= 15 is 0 Å². The summed E-state index contributed by atoms with van der Waals surface area (Å²) in [5.74, 6) is -0.254. The van der Waals surface area contributed by atoms with Crippen LogP contribution in [-0.2, 0) is 39.2 Å². The lowest BCUT2D eigenvalue weighted by atomic mass is 10.0. The zero-order chi connectivity index (χ0) is 31.5. The average molecular weight is 679 g/mol. The molecule has 0 aliphatic heterocycles. The number of carbonyl (C=O) groups excluding carboxylic acids is 2. The number of ether oxygens (including phenoxy) is 1. The summed E-state index contributed by atoms with van der Waals surface area (Å²) < 4.78 is 33.8. The van der Waals surface area contributed by atoms with Crippen molar-refractivity contribution in [1.82, 2.24) is 10.2 Å². The molecule has 0 radical (unpaired) electrons. The van der Waals surface area contributed by atoms with E-state index in [0.717, 1.165) is 31.7 Å². The molecule has 0 heterocycles. The molecule has 1 atom stereocenters. The minimum atomic E-state index is -3.87. The zero-order valence-corrected chi connectivity index (χ0v) is 27.1. The van der Waals surface area contributed by atoms with Crippen LogP contribution in [0.15, 0.2) is 114 Å². The van der Waals surface area contributed by atoms with Gasteiger partial charge in [-0.1, -0.05) is 88.7 Å². The van der Waals surface area contributed by atoms with Gasteiger partial charge in [0.1, 0.15) is 24.9 Å². The summed E-state index contributed by atoms with van der Waals surface area (Å²) in [4.78, 5) is 29.0. The number of likely N-dealkylation sites (N-methyl/N-ethyl adjacent to an activating group) is 1. The van der Waals surface area contributed by atoms with Crippen LogP contribution in [0.5, 0.6) is 5.75 Å². The molecule has 0 fully saturated rings. The van der Waals surface area contributed by atoms with Gasteiger partial charge < -0.3 is 15.0 Å². The van der Waals surface area contributed by atoms with Crippen LogP contribution >= 0.6 is 15.9 Å². The van der Waals surface area contributed by atoms with E-state index in [1.54, 1.807) is 24.3 Å². The lowest BCUT2D eigenvalue weighted by Gasteiger charge is -2.33. The molecule has 0 saturated heterocycles. The number of nitrogens with one attached hydrogen (secondary N) is 1. The number of carbonyl (C=O) groups is 2. The number of rotatable bonds is 14. The number of amides is 2. The van der Waals surface area contributed by atoms with Gasteiger partial charge in [0, 0.05) is 24.0 Å². The Morgan fingerprint density at radius 3 is 1.98 bits per heavy atom. The standard InChI is InChI=1S/C34H36BrN3O5S/c1-3-36-34(40)32(22-26-10-6-4-7-11-26)37(23-27-14-16-29(35)17-15-27)33(39)24-38(44(2,41)42)30-18-20-31(21-19-30)43-25-28-12-8-5-9-13-28/h4-21,32H,3,22-25H2,1-2H3,(H,36,40). The molecule has 1 N–H and O–H groups in total. The SMILES string of the molecule is CCNC(=O)C(Cc1ccccc1)N(Cc1ccc(Br)cc1)C(=O)CN(c1ccc(OCc2ccccc2)cc1)S(C)(=O)=O. The van der Waals surface area contributed by atoms with Gasteiger partial charge >= 0.3 is 0 Å². The molecule has 0 aromatic heterocycles. The summed E-state index contributed by atoms with van der Waals surface area (Å²) in [6.07, 6.45) is 1.33. The fraction of sp³-hybridized carbons (Fsp3) is 0.235. The van der Waals surface area contributed by atoms with Crippen molar-refractivity contribution in [3.63, 3.8) is 0 Å². The fourth-order valence-corrected chi connectivity index (χ4v) is 5.81. The van der Waals surface area contributed by atoms with E-state index in [0.29, 0.717) is 24.6 Å². The minimum absolute atomic E-state index is 0.116. The van der Waals surface area contributed by atoms with Crippen LogP contribution in [0.25, 0.3) is 0 Å². The summed E-state index contributed by atoms with van der Waals surface area (Å²) in [6.45, 7) is 2.20. The van der Waals surface area contributed by atoms with Gasteiger partial charge in [-0.3, -0.25) is 13.9 Å². The second-order valence-corrected chi connectivity index (χ2v) is 13.1. The summed E-state index contributed by atoms with van der Waals surface area (Å²) in [5.41, 5.74) is 3.00. The van der Waals surface area contributed by atoms with E-state index in [2.05, 4.69) is 21.2 Å². The average Bonchev–Trinajstić information content (AvgIpc) is 3.02. The first kappa shape index (κ1) is 32.8. The highest BCUT2D eigenvalue weighted by molar-refractivity contribution is 9.10. The summed E-state index contributed by atoms with van der Waals surface area (Å²) >= 11 is 3.44. The molecule has 8 nitrogen and oxygen atoms in total. The Balaban J connectivity index is 1.62. The number of benzene rings is 4. The van der Waals surface area contributed by atoms with Gasteiger partial charge in [0.15, 0.2) is 0 Å². The van der Waals surface area contributed by atoms with Gasteiger partial charge in [0.2, 0.25) is 21.8 Å². The van der Waals surface area contributed by atoms with Crippen LogP contribution < -0.4 is 14.4 Å². The quantitative estimate of drug-likeness (QED) is 0.188. The van der Waals surface area contributed by atoms with E-state index in [9.17, 15) is 18.0 Å². The van der Waals surface area contributed by atoms with Crippen LogP contribution in [-0.4, -0.2) is 50.5 Å². The number of hydrogen-bond donors (Lipinski definition) is 1. The van der Waals surface area contributed by atoms with E-state index in [1.165, 1.54) is 4.90 Å². The van der Waals surface area contributed by atoms with Gasteiger partial charge in [0.25, 0.3) is 0 Å². The number of nitrogens with zero attached hydrogens (tertiary/aromatic N) is 2. The molecule has 0 aliphatic rings. The second-order valence-electron chi connectivity index (χ2n) is 10.3. The Morgan fingerprint density at radius 1 is 0.818 bits per heavy atom. The normalized spacial score (nSPS) is 11.8. The molecule has 0 aliphatic carbocycles. The lowest BCUT2D eigenvalue weighted by Crippen LogP contribution is -2.53. The van der Waals surface area contributed by atoms with Crippen LogP contribution in [0.4, 0.5) is 5.69 Å². The first-order chi connectivity index (χ1) is 21.1. The smallest absolute Gasteiger partial charge is 0.244 e. The Bertz CT molecular complexity index is 1620. The zero-order valence-electron chi connectivity index (χ0n) is 24.7. The molecular formula is C34H36BrN3O5S. The number of halogens is 1. The Labute approximate surface area is 267 Å². The van der Waals surface area contributed by atoms with Crippen LogP contribution in [0.1, 0.15) is 23.6 Å². The van der Waals surface area contributed by atoms with Crippen molar-refractivity contribution in [3.8, 4) is 5.75 Å². The first-order valence-corrected chi connectivity index (χ1v) is 16.9. The van der Waals surface area contributed by atoms with Crippen molar-refractivity contribution in [2.45, 2.75) is 32.5 Å². The minimum Gasteiger partial charge on any atom is -0.489 e. The molecule has 0 bridgehead atoms. The van der Waals surface area contributed by atoms with Gasteiger partial charge in [-0.05, 0) is 60.0 Å². The largest absolute Gasteiger partial charge is 0.489 e. The second kappa shape index (κ2) is 15.5. The fourth-order valence-electron chi connectivity index (χ4n) is 4.70. The predicted molar refractivity (Wildman–Crippen MR) is 177 cm³/mol. The third-order valence-electron chi connectivity index (χ3n) is 6.94. The van der Waals surface area contributed by atoms with E-state index < -0.39 is 28.5 Å². The maximum Gasteiger partial charge on any atom is 0.244 e. The Kier molecular flexibility index (Phi) is 11.6. The number of anilines is 1. The Hall–Kier alpha value is -4.15. The highest BCUT2D eigenvalue weighted by Gasteiger charge is 2.32. The van der Waals surface area contributed by atoms with Gasteiger partial charge in [-0.2, -0.15) is 0 Å². The van der Waals surface area contributed by atoms with Crippen LogP contribution in [0.3, 0.4) is 0 Å². The van der Waals surface area contributed by atoms with Crippen LogP contribution in [0.2, 0.25) is 0 Å². The maximum absolute atomic E-state index is 14.1. The monoisotopic (exact) mass is 677 g/mol. The molecule has 10 heteroatoms. The van der Waals surface area contributed by atoms with E-state index in [4.69, 9.17) is 4.74 Å². The molecule has 44 heavy (non-hydrogen) atoms. The summed E-state index contributed by atoms with van der Waals surface area (Å²) in [6, 6.07) is 32.3. The summed E-state index contributed by atoms with van der Waals surface area (Å²) in [7, 11) is -3.87. The number of hydrogen-bond acceptors (Lipinski definition) is 5. The highest BCUT2D eigenvalue weighted by Crippen LogP contribution is 2.24. The van der Waals surface area contributed by atoms with Crippen molar-refractivity contribution >= 4 is 43.5 Å². The molecule has 4 rings (SSSR count). The first-order valence-electron chi connectivity index (χ1n) is 14.2. The molecule has 4 aromatic carbocycles. The molecule has 0 saturated carbocycles. The third-order valence-corrected chi connectivity index (χ3v) is 8.61. The van der Waals surface area contributed by atoms with Crippen molar-refractivity contribution in [2.24, 2.45) is 0 Å². The van der Waals surface area contributed by atoms with Crippen molar-refractivity contribution in [2.75, 3.05) is 23.7 Å². The third kappa shape index (κ3) is 9.42. The van der Waals surface area contributed by atoms with E-state index in [1.807, 2.05) is 91.9 Å². The lowest BCUT2D eigenvalue weighted by molar-refractivity contribution is -0.140. The van der Waals surface area contributed by atoms with Gasteiger partial charge in [-0.15, -0.1) is 0 Å². The Morgan fingerprint density at radius 2 is 1.41 bits per heavy atom. The molecule has 230 valence electrons. The molecule has 4 aromatic rings. The van der Waals surface area contributed by atoms with E-state index in [-0.39, 0.29) is 18.9 Å². The molecule has 2 amide bonds. The molecule has 0 spiro atoms.